The molecular formula is C17H25N3O. The molecule has 2 atom stereocenters. The minimum atomic E-state index is -0.430. The molecule has 21 heavy (non-hydrogen) atoms. The zero-order valence-electron chi connectivity index (χ0n) is 13.3. The number of hydrogen-bond donors (Lipinski definition) is 2. The monoisotopic (exact) mass is 287 g/mol. The number of carbonyl (C=O) groups is 1. The average molecular weight is 287 g/mol. The van der Waals surface area contributed by atoms with Gasteiger partial charge in [0.1, 0.15) is 6.04 Å². The van der Waals surface area contributed by atoms with Crippen LogP contribution in [0.15, 0.2) is 30.3 Å². The fraction of sp³-hybridized carbons (Fsp3) is 0.529. The summed E-state index contributed by atoms with van der Waals surface area (Å²) >= 11 is 0. The Kier molecular flexibility index (Phi) is 6.39. The molecule has 0 aliphatic carbocycles. The molecule has 4 heteroatoms. The van der Waals surface area contributed by atoms with Crippen LogP contribution in [0.1, 0.15) is 39.7 Å². The zero-order valence-corrected chi connectivity index (χ0v) is 13.3. The minimum absolute atomic E-state index is 0.119. The van der Waals surface area contributed by atoms with Crippen molar-refractivity contribution in [2.45, 2.75) is 52.7 Å². The van der Waals surface area contributed by atoms with Crippen LogP contribution in [0.2, 0.25) is 0 Å². The van der Waals surface area contributed by atoms with Gasteiger partial charge in [0.2, 0.25) is 5.91 Å². The summed E-state index contributed by atoms with van der Waals surface area (Å²) in [7, 11) is 0. The predicted molar refractivity (Wildman–Crippen MR) is 84.4 cm³/mol. The smallest absolute Gasteiger partial charge is 0.238 e. The van der Waals surface area contributed by atoms with Gasteiger partial charge in [0.25, 0.3) is 0 Å². The second-order valence-electron chi connectivity index (χ2n) is 6.26. The standard InChI is InChI=1S/C17H25N3O/c1-5-14(11-18)20-16(21)15(17(2,3)4)19-12-13-9-7-6-8-10-13/h6-10,14-15,19H,5,12H2,1-4H3,(H,20,21). The Balaban J connectivity index is 2.73. The molecule has 0 saturated heterocycles. The highest BCUT2D eigenvalue weighted by Crippen LogP contribution is 2.20. The van der Waals surface area contributed by atoms with E-state index in [1.807, 2.05) is 58.0 Å². The zero-order chi connectivity index (χ0) is 15.9. The van der Waals surface area contributed by atoms with Crippen molar-refractivity contribution >= 4 is 5.91 Å². The second kappa shape index (κ2) is 7.80. The number of benzene rings is 1. The summed E-state index contributed by atoms with van der Waals surface area (Å²) in [6, 6.07) is 11.3. The Hall–Kier alpha value is -1.86. The molecule has 0 aliphatic heterocycles. The van der Waals surface area contributed by atoms with Crippen LogP contribution in [0.25, 0.3) is 0 Å². The molecule has 0 saturated carbocycles. The Morgan fingerprint density at radius 3 is 2.38 bits per heavy atom. The van der Waals surface area contributed by atoms with Crippen LogP contribution >= 0.6 is 0 Å². The van der Waals surface area contributed by atoms with Gasteiger partial charge in [0.15, 0.2) is 0 Å². The Morgan fingerprint density at radius 2 is 1.90 bits per heavy atom. The molecule has 0 bridgehead atoms. The van der Waals surface area contributed by atoms with E-state index in [1.54, 1.807) is 0 Å². The molecule has 114 valence electrons. The summed E-state index contributed by atoms with van der Waals surface area (Å²) in [5.41, 5.74) is 0.902. The molecule has 0 fully saturated rings. The first-order valence-corrected chi connectivity index (χ1v) is 7.35. The van der Waals surface area contributed by atoms with E-state index in [0.29, 0.717) is 13.0 Å². The van der Waals surface area contributed by atoms with Crippen molar-refractivity contribution in [3.05, 3.63) is 35.9 Å². The highest BCUT2D eigenvalue weighted by molar-refractivity contribution is 5.83. The summed E-state index contributed by atoms with van der Waals surface area (Å²) in [4.78, 5) is 12.4. The molecule has 0 heterocycles. The number of carbonyl (C=O) groups excluding carboxylic acids is 1. The van der Waals surface area contributed by atoms with Crippen LogP contribution in [0.4, 0.5) is 0 Å². The molecule has 0 aromatic heterocycles. The molecule has 1 amide bonds. The molecule has 2 unspecified atom stereocenters. The molecule has 0 radical (unpaired) electrons. The first-order valence-electron chi connectivity index (χ1n) is 7.35. The van der Waals surface area contributed by atoms with Crippen LogP contribution in [-0.2, 0) is 11.3 Å². The van der Waals surface area contributed by atoms with E-state index in [-0.39, 0.29) is 17.4 Å². The van der Waals surface area contributed by atoms with Gasteiger partial charge < -0.3 is 10.6 Å². The highest BCUT2D eigenvalue weighted by Gasteiger charge is 2.31. The topological polar surface area (TPSA) is 64.9 Å². The van der Waals surface area contributed by atoms with Gasteiger partial charge in [-0.25, -0.2) is 0 Å². The van der Waals surface area contributed by atoms with Gasteiger partial charge >= 0.3 is 0 Å². The van der Waals surface area contributed by atoms with Gasteiger partial charge in [0, 0.05) is 6.54 Å². The summed E-state index contributed by atoms with van der Waals surface area (Å²) in [5, 5.41) is 15.1. The second-order valence-corrected chi connectivity index (χ2v) is 6.26. The summed E-state index contributed by atoms with van der Waals surface area (Å²) in [5.74, 6) is -0.119. The molecule has 1 aromatic rings. The first kappa shape index (κ1) is 17.2. The van der Waals surface area contributed by atoms with E-state index in [2.05, 4.69) is 16.7 Å². The van der Waals surface area contributed by atoms with Gasteiger partial charge in [-0.1, -0.05) is 58.0 Å². The maximum Gasteiger partial charge on any atom is 0.238 e. The van der Waals surface area contributed by atoms with E-state index in [4.69, 9.17) is 5.26 Å². The molecule has 4 nitrogen and oxygen atoms in total. The molecular weight excluding hydrogens is 262 g/mol. The molecule has 0 aliphatic rings. The molecule has 1 rings (SSSR count). The largest absolute Gasteiger partial charge is 0.339 e. The van der Waals surface area contributed by atoms with Crippen molar-refractivity contribution in [1.29, 1.82) is 5.26 Å². The van der Waals surface area contributed by atoms with Gasteiger partial charge in [-0.15, -0.1) is 0 Å². The lowest BCUT2D eigenvalue weighted by atomic mass is 9.85. The fourth-order valence-corrected chi connectivity index (χ4v) is 2.09. The third kappa shape index (κ3) is 5.57. The maximum absolute atomic E-state index is 12.4. The predicted octanol–water partition coefficient (Wildman–Crippen LogP) is 2.61. The number of nitriles is 1. The Bertz CT molecular complexity index is 485. The summed E-state index contributed by atoms with van der Waals surface area (Å²) in [6.45, 7) is 8.56. The van der Waals surface area contributed by atoms with Gasteiger partial charge in [-0.05, 0) is 17.4 Å². The minimum Gasteiger partial charge on any atom is -0.339 e. The normalized spacial score (nSPS) is 14.0. The van der Waals surface area contributed by atoms with Gasteiger partial charge in [0.05, 0.1) is 12.1 Å². The number of nitrogens with zero attached hydrogens (tertiary/aromatic N) is 1. The maximum atomic E-state index is 12.4. The Labute approximate surface area is 127 Å². The average Bonchev–Trinajstić information content (AvgIpc) is 2.44. The number of hydrogen-bond acceptors (Lipinski definition) is 3. The number of nitrogens with one attached hydrogen (secondary N) is 2. The van der Waals surface area contributed by atoms with Gasteiger partial charge in [-0.2, -0.15) is 5.26 Å². The van der Waals surface area contributed by atoms with E-state index in [1.165, 1.54) is 0 Å². The van der Waals surface area contributed by atoms with E-state index >= 15 is 0 Å². The van der Waals surface area contributed by atoms with Crippen LogP contribution in [0.3, 0.4) is 0 Å². The van der Waals surface area contributed by atoms with E-state index in [9.17, 15) is 4.79 Å². The van der Waals surface area contributed by atoms with Crippen molar-refractivity contribution in [3.8, 4) is 6.07 Å². The van der Waals surface area contributed by atoms with Crippen LogP contribution < -0.4 is 10.6 Å². The number of rotatable bonds is 6. The third-order valence-electron chi connectivity index (χ3n) is 3.36. The van der Waals surface area contributed by atoms with Gasteiger partial charge in [-0.3, -0.25) is 4.79 Å². The first-order chi connectivity index (χ1) is 9.88. The lowest BCUT2D eigenvalue weighted by molar-refractivity contribution is -0.126. The third-order valence-corrected chi connectivity index (χ3v) is 3.36. The SMILES string of the molecule is CCC(C#N)NC(=O)C(NCc1ccccc1)C(C)(C)C. The van der Waals surface area contributed by atoms with Crippen molar-refractivity contribution in [2.24, 2.45) is 5.41 Å². The molecule has 1 aromatic carbocycles. The van der Waals surface area contributed by atoms with Crippen LogP contribution in [0.5, 0.6) is 0 Å². The lowest BCUT2D eigenvalue weighted by Crippen LogP contribution is -2.53. The highest BCUT2D eigenvalue weighted by atomic mass is 16.2. The Morgan fingerprint density at radius 1 is 1.29 bits per heavy atom. The van der Waals surface area contributed by atoms with Crippen LogP contribution in [0, 0.1) is 16.7 Å². The van der Waals surface area contributed by atoms with Crippen molar-refractivity contribution in [2.75, 3.05) is 0 Å². The van der Waals surface area contributed by atoms with Crippen molar-refractivity contribution in [3.63, 3.8) is 0 Å². The summed E-state index contributed by atoms with van der Waals surface area (Å²) in [6.07, 6.45) is 0.609. The van der Waals surface area contributed by atoms with E-state index in [0.717, 1.165) is 5.56 Å². The van der Waals surface area contributed by atoms with Crippen LogP contribution in [-0.4, -0.2) is 18.0 Å². The number of amides is 1. The molecule has 0 spiro atoms. The molecule has 2 N–H and O–H groups in total. The van der Waals surface area contributed by atoms with Crippen molar-refractivity contribution < 1.29 is 4.79 Å². The van der Waals surface area contributed by atoms with E-state index < -0.39 is 6.04 Å². The lowest BCUT2D eigenvalue weighted by Gasteiger charge is -2.31. The fourth-order valence-electron chi connectivity index (χ4n) is 2.09. The summed E-state index contributed by atoms with van der Waals surface area (Å²) < 4.78 is 0. The quantitative estimate of drug-likeness (QED) is 0.845. The van der Waals surface area contributed by atoms with Crippen molar-refractivity contribution in [1.82, 2.24) is 10.6 Å².